The molecule has 0 N–H and O–H groups in total. The first-order valence-electron chi connectivity index (χ1n) is 9.37. The molecule has 0 amide bonds. The summed E-state index contributed by atoms with van der Waals surface area (Å²) in [6.07, 6.45) is 9.36. The third-order valence-corrected chi connectivity index (χ3v) is 11.1. The quantitative estimate of drug-likeness (QED) is 0.596. The molecule has 0 unspecified atom stereocenters. The Morgan fingerprint density at radius 2 is 1.50 bits per heavy atom. The highest BCUT2D eigenvalue weighted by Crippen LogP contribution is 2.54. The van der Waals surface area contributed by atoms with E-state index in [1.807, 2.05) is 0 Å². The zero-order valence-electron chi connectivity index (χ0n) is 14.0. The van der Waals surface area contributed by atoms with Crippen LogP contribution in [0.4, 0.5) is 0 Å². The van der Waals surface area contributed by atoms with Crippen LogP contribution in [0.5, 0.6) is 0 Å². The summed E-state index contributed by atoms with van der Waals surface area (Å²) in [6, 6.07) is 22.3. The number of hydrogen-bond donors (Lipinski definition) is 0. The first kappa shape index (κ1) is 14.7. The maximum atomic E-state index is 7.14. The van der Waals surface area contributed by atoms with Gasteiger partial charge in [0.05, 0.1) is 6.10 Å². The van der Waals surface area contributed by atoms with Gasteiger partial charge in [-0.1, -0.05) is 72.3 Å². The Morgan fingerprint density at radius 3 is 2.17 bits per heavy atom. The molecule has 1 nitrogen and oxygen atoms in total. The zero-order chi connectivity index (χ0) is 16.0. The van der Waals surface area contributed by atoms with E-state index in [4.69, 9.17) is 4.43 Å². The van der Waals surface area contributed by atoms with Crippen molar-refractivity contribution in [1.82, 2.24) is 0 Å². The molecule has 2 aromatic rings. The second-order valence-electron chi connectivity index (χ2n) is 7.50. The monoisotopic (exact) mass is 332 g/mol. The first-order chi connectivity index (χ1) is 11.9. The second-order valence-corrected chi connectivity index (χ2v) is 11.1. The Balaban J connectivity index is 1.72. The van der Waals surface area contributed by atoms with Crippen molar-refractivity contribution in [2.75, 3.05) is 0 Å². The molecule has 2 heteroatoms. The Morgan fingerprint density at radius 1 is 0.833 bits per heavy atom. The Labute approximate surface area is 145 Å². The maximum Gasteiger partial charge on any atom is 0.259 e. The van der Waals surface area contributed by atoms with Crippen LogP contribution in [0.2, 0.25) is 5.54 Å². The molecule has 1 saturated heterocycles. The van der Waals surface area contributed by atoms with Gasteiger partial charge in [0, 0.05) is 5.92 Å². The molecule has 0 spiro atoms. The molecule has 3 atom stereocenters. The molecule has 1 heterocycles. The lowest BCUT2D eigenvalue weighted by molar-refractivity contribution is 0.158. The van der Waals surface area contributed by atoms with Crippen LogP contribution in [-0.4, -0.2) is 14.4 Å². The zero-order valence-corrected chi connectivity index (χ0v) is 15.0. The lowest BCUT2D eigenvalue weighted by atomic mass is 9.75. The van der Waals surface area contributed by atoms with Crippen molar-refractivity contribution in [3.8, 4) is 0 Å². The van der Waals surface area contributed by atoms with Crippen LogP contribution < -0.4 is 10.4 Å². The van der Waals surface area contributed by atoms with Crippen LogP contribution >= 0.6 is 0 Å². The summed E-state index contributed by atoms with van der Waals surface area (Å²) in [5.74, 6) is 0.680. The highest BCUT2D eigenvalue weighted by Gasteiger charge is 2.60. The summed E-state index contributed by atoms with van der Waals surface area (Å²) in [6.45, 7) is 0. The summed E-state index contributed by atoms with van der Waals surface area (Å²) in [5.41, 5.74) is 2.41. The summed E-state index contributed by atoms with van der Waals surface area (Å²) in [4.78, 5) is 0. The van der Waals surface area contributed by atoms with E-state index in [-0.39, 0.29) is 0 Å². The van der Waals surface area contributed by atoms with Crippen molar-refractivity contribution >= 4 is 18.7 Å². The van der Waals surface area contributed by atoms with E-state index in [0.717, 1.165) is 0 Å². The molecule has 0 aromatic heterocycles. The van der Waals surface area contributed by atoms with Crippen molar-refractivity contribution in [2.24, 2.45) is 5.92 Å². The van der Waals surface area contributed by atoms with Crippen LogP contribution in [0.25, 0.3) is 0 Å². The topological polar surface area (TPSA) is 9.23 Å². The van der Waals surface area contributed by atoms with Gasteiger partial charge < -0.3 is 4.43 Å². The predicted octanol–water partition coefficient (Wildman–Crippen LogP) is 4.04. The van der Waals surface area contributed by atoms with E-state index < -0.39 is 8.32 Å². The smallest absolute Gasteiger partial charge is 0.259 e. The van der Waals surface area contributed by atoms with Crippen molar-refractivity contribution in [3.63, 3.8) is 0 Å². The molecule has 2 aliphatic carbocycles. The van der Waals surface area contributed by atoms with Crippen LogP contribution in [0.1, 0.15) is 32.1 Å². The molecule has 0 bridgehead atoms. The number of hydrogen-bond acceptors (Lipinski definition) is 1. The Bertz CT molecular complexity index is 713. The lowest BCUT2D eigenvalue weighted by Crippen LogP contribution is -2.62. The van der Waals surface area contributed by atoms with Gasteiger partial charge >= 0.3 is 0 Å². The predicted molar refractivity (Wildman–Crippen MR) is 101 cm³/mol. The fourth-order valence-corrected chi connectivity index (χ4v) is 10.8. The average Bonchev–Trinajstić information content (AvgIpc) is 3.01. The maximum absolute atomic E-state index is 7.14. The summed E-state index contributed by atoms with van der Waals surface area (Å²) in [5, 5.41) is 2.94. The molecule has 5 rings (SSSR count). The highest BCUT2D eigenvalue weighted by atomic mass is 28.4. The van der Waals surface area contributed by atoms with Gasteiger partial charge in [-0.25, -0.2) is 0 Å². The highest BCUT2D eigenvalue weighted by molar-refractivity contribution is 6.99. The molecule has 2 aromatic carbocycles. The van der Waals surface area contributed by atoms with E-state index in [1.54, 1.807) is 5.57 Å². The fraction of sp³-hybridized carbons (Fsp3) is 0.364. The summed E-state index contributed by atoms with van der Waals surface area (Å²) >= 11 is 0. The third kappa shape index (κ3) is 2.03. The van der Waals surface area contributed by atoms with Crippen molar-refractivity contribution in [2.45, 2.75) is 43.7 Å². The van der Waals surface area contributed by atoms with E-state index >= 15 is 0 Å². The van der Waals surface area contributed by atoms with Gasteiger partial charge in [-0.2, -0.15) is 0 Å². The Kier molecular flexibility index (Phi) is 3.49. The standard InChI is InChI=1S/C22H24OSi/c1-3-11-18(12-4-1)24(19-13-5-2-6-14-19)21-16-8-10-17-9-7-15-20(23-24)22(17)21/h1-6,10-14,20-22H,7-9,15-16H2/t20-,21+,22+/m1/s1. The van der Waals surface area contributed by atoms with E-state index in [1.165, 1.54) is 42.5 Å². The molecule has 1 aliphatic heterocycles. The van der Waals surface area contributed by atoms with Gasteiger partial charge in [0.15, 0.2) is 0 Å². The van der Waals surface area contributed by atoms with Gasteiger partial charge in [-0.05, 0) is 48.0 Å². The normalized spacial score (nSPS) is 30.5. The minimum absolute atomic E-state index is 0.447. The molecular formula is C22H24OSi. The van der Waals surface area contributed by atoms with Crippen molar-refractivity contribution in [3.05, 3.63) is 72.3 Å². The van der Waals surface area contributed by atoms with Gasteiger partial charge in [0.25, 0.3) is 8.32 Å². The van der Waals surface area contributed by atoms with Crippen LogP contribution in [0.3, 0.4) is 0 Å². The summed E-state index contributed by atoms with van der Waals surface area (Å²) < 4.78 is 7.14. The van der Waals surface area contributed by atoms with Crippen LogP contribution in [0, 0.1) is 5.92 Å². The Hall–Kier alpha value is -1.64. The fourth-order valence-electron chi connectivity index (χ4n) is 5.49. The van der Waals surface area contributed by atoms with E-state index in [0.29, 0.717) is 17.6 Å². The minimum atomic E-state index is -2.17. The van der Waals surface area contributed by atoms with Gasteiger partial charge in [0.1, 0.15) is 0 Å². The van der Waals surface area contributed by atoms with Crippen LogP contribution in [-0.2, 0) is 4.43 Å². The lowest BCUT2D eigenvalue weighted by Gasteiger charge is -2.37. The minimum Gasteiger partial charge on any atom is -0.404 e. The largest absolute Gasteiger partial charge is 0.404 e. The molecular weight excluding hydrogens is 308 g/mol. The molecule has 0 radical (unpaired) electrons. The molecule has 1 saturated carbocycles. The van der Waals surface area contributed by atoms with Crippen molar-refractivity contribution < 1.29 is 4.43 Å². The van der Waals surface area contributed by atoms with Crippen LogP contribution in [0.15, 0.2) is 72.3 Å². The van der Waals surface area contributed by atoms with E-state index in [9.17, 15) is 0 Å². The average molecular weight is 333 g/mol. The van der Waals surface area contributed by atoms with Gasteiger partial charge in [-0.15, -0.1) is 0 Å². The molecule has 122 valence electrons. The van der Waals surface area contributed by atoms with Gasteiger partial charge in [-0.3, -0.25) is 0 Å². The molecule has 3 aliphatic rings. The number of benzene rings is 2. The SMILES string of the molecule is C1=C2CCC[C@H]3O[Si](c4ccccc4)(c4ccccc4)[C@@H](CC1)[C@@H]23. The number of allylic oxidation sites excluding steroid dienone is 1. The summed E-state index contributed by atoms with van der Waals surface area (Å²) in [7, 11) is -2.17. The molecule has 2 fully saturated rings. The first-order valence-corrected chi connectivity index (χ1v) is 11.4. The molecule has 24 heavy (non-hydrogen) atoms. The van der Waals surface area contributed by atoms with Crippen molar-refractivity contribution in [1.29, 1.82) is 0 Å². The second kappa shape index (κ2) is 5.71. The van der Waals surface area contributed by atoms with Gasteiger partial charge in [0.2, 0.25) is 0 Å². The number of rotatable bonds is 2. The third-order valence-electron chi connectivity index (χ3n) is 6.37. The van der Waals surface area contributed by atoms with E-state index in [2.05, 4.69) is 66.7 Å².